The Labute approximate surface area is 249 Å². The van der Waals surface area contributed by atoms with Gasteiger partial charge in [-0.3, -0.25) is 4.90 Å². The summed E-state index contributed by atoms with van der Waals surface area (Å²) < 4.78 is 13.7. The number of aromatic nitrogens is 1. The van der Waals surface area contributed by atoms with E-state index in [9.17, 15) is 0 Å². The molecule has 2 unspecified atom stereocenters. The smallest absolute Gasteiger partial charge is 0.261 e. The second kappa shape index (κ2) is 11.5. The van der Waals surface area contributed by atoms with Crippen molar-refractivity contribution >= 4 is 46.9 Å². The summed E-state index contributed by atoms with van der Waals surface area (Å²) in [5.41, 5.74) is 7.18. The van der Waals surface area contributed by atoms with Gasteiger partial charge in [-0.25, -0.2) is 4.98 Å². The lowest BCUT2D eigenvalue weighted by atomic mass is 9.87. The number of benzene rings is 3. The van der Waals surface area contributed by atoms with E-state index < -0.39 is 8.32 Å². The fraction of sp³-hybridized carbons (Fsp3) is 0.382. The topological polar surface area (TPSA) is 60.6 Å². The number of nitrogens with zero attached hydrogens (tertiary/aromatic N) is 2. The molecule has 1 aromatic heterocycles. The maximum absolute atomic E-state index is 7.52. The first-order valence-electron chi connectivity index (χ1n) is 14.7. The van der Waals surface area contributed by atoms with E-state index in [1.54, 1.807) is 6.20 Å². The van der Waals surface area contributed by atoms with Gasteiger partial charge in [0, 0.05) is 16.6 Å². The Morgan fingerprint density at radius 1 is 0.902 bits per heavy atom. The number of fused-ring (bicyclic) bond motifs is 1. The van der Waals surface area contributed by atoms with Crippen molar-refractivity contribution in [1.29, 1.82) is 0 Å². The number of anilines is 1. The molecule has 6 rings (SSSR count). The van der Waals surface area contributed by atoms with Crippen molar-refractivity contribution in [3.63, 3.8) is 0 Å². The summed E-state index contributed by atoms with van der Waals surface area (Å²) in [6.07, 6.45) is 3.91. The summed E-state index contributed by atoms with van der Waals surface area (Å²) in [6, 6.07) is 28.2. The predicted octanol–water partition coefficient (Wildman–Crippen LogP) is 5.99. The van der Waals surface area contributed by atoms with Gasteiger partial charge in [-0.15, -0.1) is 0 Å². The molecule has 0 amide bonds. The van der Waals surface area contributed by atoms with Gasteiger partial charge >= 0.3 is 0 Å². The third-order valence-corrected chi connectivity index (χ3v) is 14.4. The van der Waals surface area contributed by atoms with Crippen LogP contribution in [0.1, 0.15) is 45.1 Å². The van der Waals surface area contributed by atoms with Crippen LogP contribution in [-0.4, -0.2) is 56.7 Å². The first-order chi connectivity index (χ1) is 19.8. The molecule has 2 fully saturated rings. The van der Waals surface area contributed by atoms with Crippen molar-refractivity contribution in [3.8, 4) is 0 Å². The minimum Gasteiger partial charge on any atom is -0.400 e. The average Bonchev–Trinajstić information content (AvgIpc) is 3.44. The van der Waals surface area contributed by atoms with Gasteiger partial charge in [0.05, 0.1) is 25.4 Å². The van der Waals surface area contributed by atoms with Crippen molar-refractivity contribution in [2.75, 3.05) is 32.0 Å². The molecule has 3 aromatic carbocycles. The van der Waals surface area contributed by atoms with E-state index in [1.165, 1.54) is 15.9 Å². The fourth-order valence-electron chi connectivity index (χ4n) is 6.95. The van der Waals surface area contributed by atoms with Crippen molar-refractivity contribution in [3.05, 3.63) is 95.6 Å². The predicted molar refractivity (Wildman–Crippen MR) is 172 cm³/mol. The molecule has 0 radical (unpaired) electrons. The second-order valence-electron chi connectivity index (χ2n) is 12.6. The summed E-state index contributed by atoms with van der Waals surface area (Å²) in [6.45, 7) is 10.3. The number of nitrogen functional groups attached to an aromatic ring is 1. The van der Waals surface area contributed by atoms with Crippen LogP contribution in [-0.2, 0) is 9.16 Å². The normalized spacial score (nSPS) is 21.0. The summed E-state index contributed by atoms with van der Waals surface area (Å²) in [7, 11) is -2.66. The van der Waals surface area contributed by atoms with Gasteiger partial charge in [0.15, 0.2) is 0 Å². The van der Waals surface area contributed by atoms with Crippen LogP contribution in [0.15, 0.2) is 85.1 Å². The third-order valence-electron chi connectivity index (χ3n) is 9.04. The van der Waals surface area contributed by atoms with Crippen LogP contribution in [0.3, 0.4) is 0 Å². The molecule has 0 bridgehead atoms. The molecule has 0 aliphatic carbocycles. The highest BCUT2D eigenvalue weighted by molar-refractivity contribution is 6.99. The van der Waals surface area contributed by atoms with E-state index in [4.69, 9.17) is 26.5 Å². The van der Waals surface area contributed by atoms with Crippen LogP contribution in [0.2, 0.25) is 10.1 Å². The standard InChI is InChI=1S/C34H40ClN3O2Si/c1-34(2,3)41(27-10-6-4-7-11-27,28-12-8-5-9-13-28)40-32-23-39-22-31(32)38-16-14-24(15-17-38)29-18-25-20-33(36)37-21-26(25)19-30(29)35/h4-13,18-21,24,31-32H,14-17,22-23H2,1-3H3,(H2,36,37). The first kappa shape index (κ1) is 28.4. The Kier molecular flexibility index (Phi) is 7.96. The minimum atomic E-state index is -2.66. The number of piperidine rings is 1. The Hall–Kier alpha value is -2.74. The third kappa shape index (κ3) is 5.44. The molecule has 2 atom stereocenters. The van der Waals surface area contributed by atoms with Crippen LogP contribution in [0.4, 0.5) is 5.82 Å². The van der Waals surface area contributed by atoms with E-state index in [0.29, 0.717) is 24.9 Å². The number of halogens is 1. The van der Waals surface area contributed by atoms with Gasteiger partial charge in [-0.2, -0.15) is 0 Å². The van der Waals surface area contributed by atoms with Crippen LogP contribution in [0.25, 0.3) is 10.8 Å². The van der Waals surface area contributed by atoms with Crippen molar-refractivity contribution in [1.82, 2.24) is 9.88 Å². The van der Waals surface area contributed by atoms with Crippen LogP contribution in [0.5, 0.6) is 0 Å². The molecule has 0 spiro atoms. The molecule has 7 heteroatoms. The van der Waals surface area contributed by atoms with Crippen LogP contribution < -0.4 is 16.1 Å². The number of hydrogen-bond acceptors (Lipinski definition) is 5. The number of hydrogen-bond donors (Lipinski definition) is 1. The number of ether oxygens (including phenoxy) is 1. The second-order valence-corrected chi connectivity index (χ2v) is 17.2. The Morgan fingerprint density at radius 2 is 1.54 bits per heavy atom. The minimum absolute atomic E-state index is 0.0117. The maximum atomic E-state index is 7.52. The highest BCUT2D eigenvalue weighted by atomic mass is 35.5. The number of likely N-dealkylation sites (tertiary alicyclic amines) is 1. The highest BCUT2D eigenvalue weighted by Gasteiger charge is 2.53. The highest BCUT2D eigenvalue weighted by Crippen LogP contribution is 2.40. The van der Waals surface area contributed by atoms with Crippen molar-refractivity contribution < 1.29 is 9.16 Å². The molecular formula is C34H40ClN3O2Si. The molecule has 2 aliphatic heterocycles. The van der Waals surface area contributed by atoms with Gasteiger partial charge in [-0.05, 0) is 76.4 Å². The Balaban J connectivity index is 1.25. The molecule has 3 heterocycles. The largest absolute Gasteiger partial charge is 0.400 e. The monoisotopic (exact) mass is 585 g/mol. The van der Waals surface area contributed by atoms with Crippen molar-refractivity contribution in [2.45, 2.75) is 56.7 Å². The van der Waals surface area contributed by atoms with E-state index in [0.717, 1.165) is 41.7 Å². The van der Waals surface area contributed by atoms with Gasteiger partial charge in [0.2, 0.25) is 0 Å². The summed E-state index contributed by atoms with van der Waals surface area (Å²) in [4.78, 5) is 6.82. The Bertz CT molecular complexity index is 1450. The molecule has 41 heavy (non-hydrogen) atoms. The summed E-state index contributed by atoms with van der Waals surface area (Å²) in [5.74, 6) is 0.949. The molecule has 2 saturated heterocycles. The van der Waals surface area contributed by atoms with E-state index >= 15 is 0 Å². The molecule has 2 aliphatic rings. The lowest BCUT2D eigenvalue weighted by Crippen LogP contribution is -2.69. The number of rotatable bonds is 6. The first-order valence-corrected chi connectivity index (χ1v) is 17.0. The molecular weight excluding hydrogens is 546 g/mol. The lowest BCUT2D eigenvalue weighted by molar-refractivity contribution is 0.0747. The van der Waals surface area contributed by atoms with Gasteiger partial charge in [-0.1, -0.05) is 93.0 Å². The fourth-order valence-corrected chi connectivity index (χ4v) is 12.0. The molecule has 2 N–H and O–H groups in total. The number of nitrogens with two attached hydrogens (primary N) is 1. The van der Waals surface area contributed by atoms with E-state index in [2.05, 4.69) is 97.4 Å². The zero-order valence-electron chi connectivity index (χ0n) is 24.2. The average molecular weight is 586 g/mol. The Morgan fingerprint density at radius 3 is 2.15 bits per heavy atom. The molecule has 5 nitrogen and oxygen atoms in total. The quantitative estimate of drug-likeness (QED) is 0.282. The van der Waals surface area contributed by atoms with Gasteiger partial charge < -0.3 is 14.9 Å². The van der Waals surface area contributed by atoms with Gasteiger partial charge in [0.1, 0.15) is 5.82 Å². The maximum Gasteiger partial charge on any atom is 0.261 e. The SMILES string of the molecule is CC(C)(C)[Si](OC1COCC1N1CCC(c2cc3cc(N)ncc3cc2Cl)CC1)(c1ccccc1)c1ccccc1. The van der Waals surface area contributed by atoms with Crippen molar-refractivity contribution in [2.24, 2.45) is 0 Å². The zero-order valence-corrected chi connectivity index (χ0v) is 26.0. The van der Waals surface area contributed by atoms with Crippen LogP contribution >= 0.6 is 11.6 Å². The molecule has 4 aromatic rings. The zero-order chi connectivity index (χ0) is 28.6. The van der Waals surface area contributed by atoms with Gasteiger partial charge in [0.25, 0.3) is 8.32 Å². The van der Waals surface area contributed by atoms with E-state index in [1.807, 2.05) is 12.1 Å². The summed E-state index contributed by atoms with van der Waals surface area (Å²) in [5, 5.41) is 5.50. The molecule has 0 saturated carbocycles. The molecule has 214 valence electrons. The van der Waals surface area contributed by atoms with Crippen LogP contribution in [0, 0.1) is 0 Å². The summed E-state index contributed by atoms with van der Waals surface area (Å²) >= 11 is 6.79. The number of pyridine rings is 1. The lowest BCUT2D eigenvalue weighted by Gasteiger charge is -2.46. The van der Waals surface area contributed by atoms with E-state index in [-0.39, 0.29) is 17.2 Å².